The first-order valence-corrected chi connectivity index (χ1v) is 8.08. The Hall–Kier alpha value is -1.20. The van der Waals surface area contributed by atoms with Gasteiger partial charge in [-0.15, -0.1) is 0 Å². The smallest absolute Gasteiger partial charge is 0.264 e. The molecule has 1 aromatic carbocycles. The Labute approximate surface area is 114 Å². The lowest BCUT2D eigenvalue weighted by atomic mass is 9.87. The van der Waals surface area contributed by atoms with Crippen LogP contribution in [0.3, 0.4) is 0 Å². The first kappa shape index (κ1) is 14.2. The minimum absolute atomic E-state index is 0.0135. The third kappa shape index (κ3) is 3.42. The maximum absolute atomic E-state index is 10.7. The van der Waals surface area contributed by atoms with Gasteiger partial charge in [0.25, 0.3) is 10.1 Å². The van der Waals surface area contributed by atoms with Gasteiger partial charge >= 0.3 is 0 Å². The summed E-state index contributed by atoms with van der Waals surface area (Å²) in [6.45, 7) is 5.12. The Balaban J connectivity index is 2.03. The summed E-state index contributed by atoms with van der Waals surface area (Å²) in [6.07, 6.45) is 3.40. The zero-order valence-corrected chi connectivity index (χ0v) is 12.2. The Morgan fingerprint density at radius 2 is 1.89 bits per heavy atom. The van der Waals surface area contributed by atoms with Gasteiger partial charge in [-0.25, -0.2) is 4.58 Å². The van der Waals surface area contributed by atoms with Crippen molar-refractivity contribution in [2.24, 2.45) is 0 Å². The van der Waals surface area contributed by atoms with Gasteiger partial charge < -0.3 is 0 Å². The molecule has 19 heavy (non-hydrogen) atoms. The van der Waals surface area contributed by atoms with Crippen LogP contribution in [0, 0.1) is 0 Å². The maximum Gasteiger partial charge on any atom is 0.264 e. The first-order valence-electron chi connectivity index (χ1n) is 6.47. The monoisotopic (exact) mass is 282 g/mol. The second-order valence-corrected chi connectivity index (χ2v) is 7.13. The Bertz CT molecular complexity index is 603. The highest BCUT2D eigenvalue weighted by Crippen LogP contribution is 2.35. The van der Waals surface area contributed by atoms with E-state index in [1.807, 2.05) is 12.1 Å². The van der Waals surface area contributed by atoms with Gasteiger partial charge in [0.2, 0.25) is 5.69 Å². The molecule has 0 saturated heterocycles. The molecule has 5 heteroatoms. The molecule has 0 aliphatic carbocycles. The van der Waals surface area contributed by atoms with Gasteiger partial charge in [0.15, 0.2) is 6.21 Å². The summed E-state index contributed by atoms with van der Waals surface area (Å²) in [6, 6.07) is 8.27. The summed E-state index contributed by atoms with van der Waals surface area (Å²) in [7, 11) is -3.83. The molecular formula is C14H20NO3S+. The highest BCUT2D eigenvalue weighted by Gasteiger charge is 2.36. The van der Waals surface area contributed by atoms with Crippen molar-refractivity contribution >= 4 is 22.0 Å². The Morgan fingerprint density at radius 1 is 1.21 bits per heavy atom. The second-order valence-electron chi connectivity index (χ2n) is 5.55. The Morgan fingerprint density at radius 3 is 2.58 bits per heavy atom. The summed E-state index contributed by atoms with van der Waals surface area (Å²) < 4.78 is 32.2. The fraction of sp³-hybridized carbons (Fsp3) is 0.500. The molecule has 0 aromatic heterocycles. The molecular weight excluding hydrogens is 262 g/mol. The van der Waals surface area contributed by atoms with Gasteiger partial charge in [-0.2, -0.15) is 8.42 Å². The highest BCUT2D eigenvalue weighted by molar-refractivity contribution is 7.85. The van der Waals surface area contributed by atoms with Crippen molar-refractivity contribution in [3.63, 3.8) is 0 Å². The minimum Gasteiger partial charge on any atom is -0.286 e. The lowest BCUT2D eigenvalue weighted by Gasteiger charge is -2.09. The maximum atomic E-state index is 10.7. The number of benzene rings is 1. The van der Waals surface area contributed by atoms with Crippen LogP contribution in [0.4, 0.5) is 5.69 Å². The molecule has 1 aliphatic rings. The van der Waals surface area contributed by atoms with Gasteiger partial charge in [0.1, 0.15) is 6.54 Å². The van der Waals surface area contributed by atoms with Crippen molar-refractivity contribution in [1.29, 1.82) is 0 Å². The molecule has 1 aromatic rings. The fourth-order valence-electron chi connectivity index (χ4n) is 2.55. The number of nitrogens with zero attached hydrogens (tertiary/aromatic N) is 1. The second kappa shape index (κ2) is 5.06. The molecule has 0 bridgehead atoms. The SMILES string of the molecule is CC1(C)C=[N+](CCCCS(=O)(=O)O)c2ccccc21. The van der Waals surface area contributed by atoms with Crippen LogP contribution in [0.25, 0.3) is 0 Å². The molecule has 1 N–H and O–H groups in total. The largest absolute Gasteiger partial charge is 0.286 e. The quantitative estimate of drug-likeness (QED) is 0.512. The van der Waals surface area contributed by atoms with Crippen molar-refractivity contribution in [2.75, 3.05) is 12.3 Å². The lowest BCUT2D eigenvalue weighted by Crippen LogP contribution is -2.17. The zero-order chi connectivity index (χ0) is 14.1. The third-order valence-corrected chi connectivity index (χ3v) is 4.24. The number of fused-ring (bicyclic) bond motifs is 1. The van der Waals surface area contributed by atoms with Crippen molar-refractivity contribution in [3.8, 4) is 0 Å². The molecule has 0 unspecified atom stereocenters. The normalized spacial score (nSPS) is 17.1. The molecule has 104 valence electrons. The highest BCUT2D eigenvalue weighted by atomic mass is 32.2. The van der Waals surface area contributed by atoms with Crippen LogP contribution >= 0.6 is 0 Å². The summed E-state index contributed by atoms with van der Waals surface area (Å²) in [5.74, 6) is -0.161. The lowest BCUT2D eigenvalue weighted by molar-refractivity contribution is -0.434. The van der Waals surface area contributed by atoms with Gasteiger partial charge in [0, 0.05) is 18.1 Å². The van der Waals surface area contributed by atoms with Crippen molar-refractivity contribution in [2.45, 2.75) is 32.1 Å². The van der Waals surface area contributed by atoms with Crippen LogP contribution in [0.2, 0.25) is 0 Å². The van der Waals surface area contributed by atoms with E-state index in [4.69, 9.17) is 4.55 Å². The molecule has 0 radical (unpaired) electrons. The van der Waals surface area contributed by atoms with Gasteiger partial charge in [-0.3, -0.25) is 4.55 Å². The minimum atomic E-state index is -3.83. The number of rotatable bonds is 5. The van der Waals surface area contributed by atoms with E-state index in [1.54, 1.807) is 0 Å². The van der Waals surface area contributed by atoms with Crippen molar-refractivity contribution in [3.05, 3.63) is 29.8 Å². The molecule has 0 fully saturated rings. The molecule has 0 spiro atoms. The predicted molar refractivity (Wildman–Crippen MR) is 76.0 cm³/mol. The van der Waals surface area contributed by atoms with E-state index in [0.717, 1.165) is 13.0 Å². The van der Waals surface area contributed by atoms with Crippen LogP contribution < -0.4 is 0 Å². The van der Waals surface area contributed by atoms with Crippen molar-refractivity contribution in [1.82, 2.24) is 0 Å². The summed E-state index contributed by atoms with van der Waals surface area (Å²) in [5.41, 5.74) is 2.50. The fourth-order valence-corrected chi connectivity index (χ4v) is 3.12. The predicted octanol–water partition coefficient (Wildman–Crippen LogP) is 2.36. The van der Waals surface area contributed by atoms with Crippen LogP contribution in [-0.4, -0.2) is 36.1 Å². The molecule has 4 nitrogen and oxygen atoms in total. The summed E-state index contributed by atoms with van der Waals surface area (Å²) >= 11 is 0. The van der Waals surface area contributed by atoms with Gasteiger partial charge in [-0.1, -0.05) is 18.2 Å². The zero-order valence-electron chi connectivity index (χ0n) is 11.3. The number of para-hydroxylation sites is 1. The topological polar surface area (TPSA) is 57.4 Å². The average Bonchev–Trinajstić information content (AvgIpc) is 2.57. The van der Waals surface area contributed by atoms with Gasteiger partial charge in [0.05, 0.1) is 11.2 Å². The molecule has 0 atom stereocenters. The molecule has 1 heterocycles. The molecule has 0 saturated carbocycles. The average molecular weight is 282 g/mol. The Kier molecular flexibility index (Phi) is 3.78. The molecule has 1 aliphatic heterocycles. The van der Waals surface area contributed by atoms with E-state index in [0.29, 0.717) is 6.42 Å². The third-order valence-electron chi connectivity index (χ3n) is 3.44. The van der Waals surface area contributed by atoms with E-state index in [1.165, 1.54) is 11.3 Å². The van der Waals surface area contributed by atoms with Crippen LogP contribution in [0.15, 0.2) is 24.3 Å². The first-order chi connectivity index (χ1) is 8.80. The van der Waals surface area contributed by atoms with Crippen LogP contribution in [0.1, 0.15) is 32.3 Å². The molecule has 0 amide bonds. The van der Waals surface area contributed by atoms with E-state index in [-0.39, 0.29) is 11.2 Å². The van der Waals surface area contributed by atoms with E-state index >= 15 is 0 Å². The van der Waals surface area contributed by atoms with E-state index in [2.05, 4.69) is 36.8 Å². The number of unbranched alkanes of at least 4 members (excludes halogenated alkanes) is 1. The number of hydrogen-bond acceptors (Lipinski definition) is 2. The van der Waals surface area contributed by atoms with Gasteiger partial charge in [-0.05, 0) is 20.3 Å². The van der Waals surface area contributed by atoms with E-state index in [9.17, 15) is 8.42 Å². The van der Waals surface area contributed by atoms with E-state index < -0.39 is 10.1 Å². The van der Waals surface area contributed by atoms with Crippen molar-refractivity contribution < 1.29 is 17.5 Å². The standard InChI is InChI=1S/C14H19NO3S/c1-14(2)11-15(9-5-6-10-19(16,17)18)13-8-4-3-7-12(13)14/h3-4,7-8,11H,5-6,9-10H2,1-2H3/p+1. The summed E-state index contributed by atoms with van der Waals surface area (Å²) in [4.78, 5) is 0. The molecule has 2 rings (SSSR count). The van der Waals surface area contributed by atoms with Crippen LogP contribution in [-0.2, 0) is 15.5 Å². The summed E-state index contributed by atoms with van der Waals surface area (Å²) in [5, 5.41) is 0. The van der Waals surface area contributed by atoms with Crippen LogP contribution in [0.5, 0.6) is 0 Å². The number of hydrogen-bond donors (Lipinski definition) is 1.